The number of carbonyl (C=O) groups excluding carboxylic acids is 2. The highest BCUT2D eigenvalue weighted by Crippen LogP contribution is 2.22. The van der Waals surface area contributed by atoms with Crippen LogP contribution in [-0.4, -0.2) is 37.0 Å². The van der Waals surface area contributed by atoms with Gasteiger partial charge in [-0.05, 0) is 16.5 Å². The summed E-state index contributed by atoms with van der Waals surface area (Å²) in [4.78, 5) is 25.0. The molecular weight excluding hydrogens is 304 g/mol. The summed E-state index contributed by atoms with van der Waals surface area (Å²) in [6.45, 7) is 11.3. The summed E-state index contributed by atoms with van der Waals surface area (Å²) >= 11 is 0. The van der Waals surface area contributed by atoms with Crippen molar-refractivity contribution in [3.63, 3.8) is 0 Å². The number of likely N-dealkylation sites (N-methyl/N-ethyl adjacent to an activating group) is 1. The third-order valence-electron chi connectivity index (χ3n) is 3.78. The first-order valence-electron chi connectivity index (χ1n) is 8.36. The molecule has 0 fully saturated rings. The van der Waals surface area contributed by atoms with Gasteiger partial charge in [-0.1, -0.05) is 58.9 Å². The van der Waals surface area contributed by atoms with Crippen molar-refractivity contribution in [2.75, 3.05) is 20.1 Å². The molecule has 0 aliphatic rings. The number of rotatable bonds is 6. The number of amides is 2. The molecule has 1 aromatic rings. The molecule has 5 heteroatoms. The maximum atomic E-state index is 11.7. The molecule has 0 atom stereocenters. The smallest absolute Gasteiger partial charge is 0.407 e. The summed E-state index contributed by atoms with van der Waals surface area (Å²) in [6, 6.07) is 8.07. The Bertz CT molecular complexity index is 545. The first kappa shape index (κ1) is 20.0. The van der Waals surface area contributed by atoms with Crippen LogP contribution in [0.1, 0.15) is 45.7 Å². The number of nitrogens with zero attached hydrogens (tertiary/aromatic N) is 1. The summed E-state index contributed by atoms with van der Waals surface area (Å²) < 4.78 is 5.19. The van der Waals surface area contributed by atoms with Crippen LogP contribution < -0.4 is 5.32 Å². The fourth-order valence-corrected chi connectivity index (χ4v) is 2.18. The summed E-state index contributed by atoms with van der Waals surface area (Å²) in [7, 11) is 1.73. The van der Waals surface area contributed by atoms with E-state index in [2.05, 4.69) is 38.2 Å². The molecule has 0 bridgehead atoms. The molecule has 134 valence electrons. The van der Waals surface area contributed by atoms with Crippen molar-refractivity contribution in [2.24, 2.45) is 5.92 Å². The lowest BCUT2D eigenvalue weighted by atomic mass is 9.87. The predicted octanol–water partition coefficient (Wildman–Crippen LogP) is 3.32. The van der Waals surface area contributed by atoms with Crippen molar-refractivity contribution in [3.8, 4) is 0 Å². The summed E-state index contributed by atoms with van der Waals surface area (Å²) in [6.07, 6.45) is -0.472. The van der Waals surface area contributed by atoms with Crippen molar-refractivity contribution in [1.29, 1.82) is 0 Å². The molecule has 24 heavy (non-hydrogen) atoms. The SMILES string of the molecule is CC(C)C(=O)N(C)CCNC(=O)OCc1ccc(C(C)(C)C)cc1. The molecule has 0 aromatic heterocycles. The van der Waals surface area contributed by atoms with Crippen molar-refractivity contribution in [3.05, 3.63) is 35.4 Å². The topological polar surface area (TPSA) is 58.6 Å². The van der Waals surface area contributed by atoms with Crippen LogP contribution in [0.2, 0.25) is 0 Å². The van der Waals surface area contributed by atoms with E-state index in [1.807, 2.05) is 26.0 Å². The van der Waals surface area contributed by atoms with Crippen LogP contribution in [-0.2, 0) is 21.6 Å². The second kappa shape index (κ2) is 8.71. The van der Waals surface area contributed by atoms with Gasteiger partial charge in [0.1, 0.15) is 6.61 Å². The second-order valence-corrected chi connectivity index (χ2v) is 7.36. The van der Waals surface area contributed by atoms with Gasteiger partial charge in [-0.25, -0.2) is 4.79 Å². The number of carbonyl (C=O) groups is 2. The van der Waals surface area contributed by atoms with Crippen LogP contribution in [0.4, 0.5) is 4.79 Å². The Morgan fingerprint density at radius 2 is 1.75 bits per heavy atom. The van der Waals surface area contributed by atoms with E-state index in [4.69, 9.17) is 4.74 Å². The predicted molar refractivity (Wildman–Crippen MR) is 95.8 cm³/mol. The maximum absolute atomic E-state index is 11.7. The van der Waals surface area contributed by atoms with Crippen LogP contribution in [0, 0.1) is 5.92 Å². The Morgan fingerprint density at radius 1 is 1.17 bits per heavy atom. The van der Waals surface area contributed by atoms with Crippen LogP contribution >= 0.6 is 0 Å². The van der Waals surface area contributed by atoms with Gasteiger partial charge in [0.05, 0.1) is 0 Å². The lowest BCUT2D eigenvalue weighted by Crippen LogP contribution is -2.38. The Hall–Kier alpha value is -2.04. The zero-order valence-corrected chi connectivity index (χ0v) is 15.7. The van der Waals surface area contributed by atoms with E-state index in [0.717, 1.165) is 5.56 Å². The minimum absolute atomic E-state index is 0.0435. The molecule has 1 aromatic carbocycles. The molecule has 0 spiro atoms. The Balaban J connectivity index is 2.33. The second-order valence-electron chi connectivity index (χ2n) is 7.36. The quantitative estimate of drug-likeness (QED) is 0.868. The summed E-state index contributed by atoms with van der Waals surface area (Å²) in [5.74, 6) is 0.0159. The molecule has 0 heterocycles. The van der Waals surface area contributed by atoms with E-state index in [1.54, 1.807) is 11.9 Å². The number of benzene rings is 1. The van der Waals surface area contributed by atoms with Crippen LogP contribution in [0.15, 0.2) is 24.3 Å². The number of hydrogen-bond donors (Lipinski definition) is 1. The van der Waals surface area contributed by atoms with Gasteiger partial charge in [-0.2, -0.15) is 0 Å². The van der Waals surface area contributed by atoms with E-state index in [9.17, 15) is 9.59 Å². The van der Waals surface area contributed by atoms with Gasteiger partial charge in [0.15, 0.2) is 0 Å². The van der Waals surface area contributed by atoms with E-state index < -0.39 is 6.09 Å². The van der Waals surface area contributed by atoms with E-state index >= 15 is 0 Å². The van der Waals surface area contributed by atoms with E-state index in [1.165, 1.54) is 5.56 Å². The van der Waals surface area contributed by atoms with Crippen molar-refractivity contribution < 1.29 is 14.3 Å². The average molecular weight is 334 g/mol. The van der Waals surface area contributed by atoms with Gasteiger partial charge >= 0.3 is 6.09 Å². The molecule has 0 saturated carbocycles. The molecule has 5 nitrogen and oxygen atoms in total. The molecule has 0 radical (unpaired) electrons. The Labute approximate surface area is 145 Å². The fraction of sp³-hybridized carbons (Fsp3) is 0.579. The third-order valence-corrected chi connectivity index (χ3v) is 3.78. The first-order valence-corrected chi connectivity index (χ1v) is 8.36. The standard InChI is InChI=1S/C19H30N2O3/c1-14(2)17(22)21(6)12-11-20-18(23)24-13-15-7-9-16(10-8-15)19(3,4)5/h7-10,14H,11-13H2,1-6H3,(H,20,23). The fourth-order valence-electron chi connectivity index (χ4n) is 2.18. The normalized spacial score (nSPS) is 11.3. The van der Waals surface area contributed by atoms with Gasteiger partial charge in [-0.15, -0.1) is 0 Å². The van der Waals surface area contributed by atoms with Crippen molar-refractivity contribution in [2.45, 2.75) is 46.6 Å². The highest BCUT2D eigenvalue weighted by molar-refractivity contribution is 5.77. The van der Waals surface area contributed by atoms with Crippen LogP contribution in [0.3, 0.4) is 0 Å². The third kappa shape index (κ3) is 6.60. The number of alkyl carbamates (subject to hydrolysis) is 1. The first-order chi connectivity index (χ1) is 11.1. The molecule has 1 rings (SSSR count). The van der Waals surface area contributed by atoms with Crippen molar-refractivity contribution >= 4 is 12.0 Å². The molecule has 0 unspecified atom stereocenters. The van der Waals surface area contributed by atoms with Gasteiger partial charge < -0.3 is 15.0 Å². The molecule has 1 N–H and O–H groups in total. The van der Waals surface area contributed by atoms with Gasteiger partial charge in [-0.3, -0.25) is 4.79 Å². The summed E-state index contributed by atoms with van der Waals surface area (Å²) in [5, 5.41) is 2.66. The highest BCUT2D eigenvalue weighted by atomic mass is 16.5. The molecule has 0 aliphatic heterocycles. The molecular formula is C19H30N2O3. The minimum Gasteiger partial charge on any atom is -0.445 e. The Morgan fingerprint density at radius 3 is 2.25 bits per heavy atom. The van der Waals surface area contributed by atoms with Crippen LogP contribution in [0.5, 0.6) is 0 Å². The lowest BCUT2D eigenvalue weighted by Gasteiger charge is -2.19. The van der Waals surface area contributed by atoms with Gasteiger partial charge in [0.25, 0.3) is 0 Å². The zero-order chi connectivity index (χ0) is 18.3. The summed E-state index contributed by atoms with van der Waals surface area (Å²) in [5.41, 5.74) is 2.30. The Kier molecular flexibility index (Phi) is 7.26. The van der Waals surface area contributed by atoms with Crippen LogP contribution in [0.25, 0.3) is 0 Å². The lowest BCUT2D eigenvalue weighted by molar-refractivity contribution is -0.133. The van der Waals surface area contributed by atoms with Gasteiger partial charge in [0, 0.05) is 26.1 Å². The van der Waals surface area contributed by atoms with Crippen molar-refractivity contribution in [1.82, 2.24) is 10.2 Å². The molecule has 0 saturated heterocycles. The minimum atomic E-state index is -0.472. The number of ether oxygens (including phenoxy) is 1. The highest BCUT2D eigenvalue weighted by Gasteiger charge is 2.14. The molecule has 0 aliphatic carbocycles. The monoisotopic (exact) mass is 334 g/mol. The number of nitrogens with one attached hydrogen (secondary N) is 1. The molecule has 2 amide bonds. The zero-order valence-electron chi connectivity index (χ0n) is 15.7. The van der Waals surface area contributed by atoms with E-state index in [0.29, 0.717) is 13.1 Å². The van der Waals surface area contributed by atoms with E-state index in [-0.39, 0.29) is 23.8 Å². The van der Waals surface area contributed by atoms with Gasteiger partial charge in [0.2, 0.25) is 5.91 Å². The maximum Gasteiger partial charge on any atom is 0.407 e. The number of hydrogen-bond acceptors (Lipinski definition) is 3. The average Bonchev–Trinajstić information content (AvgIpc) is 2.51. The largest absolute Gasteiger partial charge is 0.445 e.